The van der Waals surface area contributed by atoms with Gasteiger partial charge in [-0.25, -0.2) is 10.4 Å². The van der Waals surface area contributed by atoms with Crippen molar-refractivity contribution in [2.45, 2.75) is 26.7 Å². The van der Waals surface area contributed by atoms with Crippen LogP contribution in [-0.4, -0.2) is 29.1 Å². The first-order valence-corrected chi connectivity index (χ1v) is 13.4. The number of hydrogen-bond acceptors (Lipinski definition) is 6. The summed E-state index contributed by atoms with van der Waals surface area (Å²) in [7, 11) is 0. The van der Waals surface area contributed by atoms with Gasteiger partial charge in [0, 0.05) is 16.6 Å². The average Bonchev–Trinajstić information content (AvgIpc) is 3.56. The third kappa shape index (κ3) is 6.67. The highest BCUT2D eigenvalue weighted by Gasteiger charge is 2.14. The van der Waals surface area contributed by atoms with E-state index in [0.717, 1.165) is 35.1 Å². The summed E-state index contributed by atoms with van der Waals surface area (Å²) < 4.78 is 10.9. The third-order valence-corrected chi connectivity index (χ3v) is 6.51. The summed E-state index contributed by atoms with van der Waals surface area (Å²) in [4.78, 5) is 30.3. The average molecular weight is 547 g/mol. The summed E-state index contributed by atoms with van der Waals surface area (Å²) in [5, 5.41) is 7.85. The molecular weight excluding hydrogens is 516 g/mol. The van der Waals surface area contributed by atoms with E-state index in [0.29, 0.717) is 34.8 Å². The molecule has 0 saturated carbocycles. The Bertz CT molecular complexity index is 1680. The van der Waals surface area contributed by atoms with Crippen LogP contribution in [0.4, 0.5) is 5.69 Å². The number of aromatic nitrogens is 1. The van der Waals surface area contributed by atoms with Crippen LogP contribution >= 0.6 is 0 Å². The van der Waals surface area contributed by atoms with Gasteiger partial charge < -0.3 is 14.5 Å². The molecule has 0 fully saturated rings. The summed E-state index contributed by atoms with van der Waals surface area (Å²) in [5.74, 6) is 0.361. The standard InChI is InChI=1S/C33H30N4O4/c1-3-4-19-40-26-17-13-24(14-18-26)30-21-28(27-8-5-6-9-29(27)35-30)32(38)37-36-22(2)23-11-15-25(16-12-23)34-33(39)31-10-7-20-41-31/h5-18,20-21H,3-4,19H2,1-2H3,(H,34,39)(H,37,38)/b36-22+. The van der Waals surface area contributed by atoms with Crippen molar-refractivity contribution < 1.29 is 18.7 Å². The minimum absolute atomic E-state index is 0.231. The fourth-order valence-corrected chi connectivity index (χ4v) is 4.22. The highest BCUT2D eigenvalue weighted by molar-refractivity contribution is 6.08. The zero-order valence-corrected chi connectivity index (χ0v) is 22.9. The molecule has 0 radical (unpaired) electrons. The molecule has 0 atom stereocenters. The van der Waals surface area contributed by atoms with E-state index >= 15 is 0 Å². The number of amides is 2. The Labute approximate surface area is 238 Å². The van der Waals surface area contributed by atoms with Gasteiger partial charge in [-0.2, -0.15) is 5.10 Å². The van der Waals surface area contributed by atoms with Crippen molar-refractivity contribution in [1.29, 1.82) is 0 Å². The Morgan fingerprint density at radius 2 is 1.71 bits per heavy atom. The first-order chi connectivity index (χ1) is 20.0. The van der Waals surface area contributed by atoms with E-state index in [1.807, 2.05) is 60.7 Å². The molecule has 41 heavy (non-hydrogen) atoms. The van der Waals surface area contributed by atoms with Crippen LogP contribution in [0.15, 0.2) is 107 Å². The van der Waals surface area contributed by atoms with Crippen LogP contribution in [-0.2, 0) is 0 Å². The molecule has 206 valence electrons. The molecule has 8 nitrogen and oxygen atoms in total. The zero-order chi connectivity index (χ0) is 28.6. The number of nitrogens with one attached hydrogen (secondary N) is 2. The van der Waals surface area contributed by atoms with Gasteiger partial charge in [-0.15, -0.1) is 0 Å². The molecule has 0 aliphatic carbocycles. The van der Waals surface area contributed by atoms with Crippen molar-refractivity contribution in [3.05, 3.63) is 114 Å². The van der Waals surface area contributed by atoms with Crippen molar-refractivity contribution in [3.63, 3.8) is 0 Å². The van der Waals surface area contributed by atoms with Gasteiger partial charge in [-0.3, -0.25) is 9.59 Å². The molecule has 8 heteroatoms. The normalized spacial score (nSPS) is 11.3. The minimum Gasteiger partial charge on any atom is -0.494 e. The Balaban J connectivity index is 1.32. The van der Waals surface area contributed by atoms with Crippen LogP contribution in [0, 0.1) is 0 Å². The summed E-state index contributed by atoms with van der Waals surface area (Å²) in [5.41, 5.74) is 7.46. The molecule has 0 bridgehead atoms. The van der Waals surface area contributed by atoms with Crippen LogP contribution in [0.1, 0.15) is 53.2 Å². The number of ether oxygens (including phenoxy) is 1. The molecule has 2 amide bonds. The molecule has 2 aromatic heterocycles. The Morgan fingerprint density at radius 3 is 2.44 bits per heavy atom. The second-order valence-electron chi connectivity index (χ2n) is 9.45. The quantitative estimate of drug-likeness (QED) is 0.111. The van der Waals surface area contributed by atoms with Gasteiger partial charge in [-0.1, -0.05) is 43.7 Å². The predicted molar refractivity (Wildman–Crippen MR) is 160 cm³/mol. The lowest BCUT2D eigenvalue weighted by Gasteiger charge is -2.11. The lowest BCUT2D eigenvalue weighted by atomic mass is 10.0. The number of carbonyl (C=O) groups excluding carboxylic acids is 2. The number of nitrogens with zero attached hydrogens (tertiary/aromatic N) is 2. The summed E-state index contributed by atoms with van der Waals surface area (Å²) in [6.07, 6.45) is 3.53. The van der Waals surface area contributed by atoms with Crippen LogP contribution in [0.3, 0.4) is 0 Å². The second-order valence-corrected chi connectivity index (χ2v) is 9.45. The largest absolute Gasteiger partial charge is 0.494 e. The van der Waals surface area contributed by atoms with E-state index in [2.05, 4.69) is 22.8 Å². The van der Waals surface area contributed by atoms with Gasteiger partial charge in [0.25, 0.3) is 11.8 Å². The summed E-state index contributed by atoms with van der Waals surface area (Å²) in [6.45, 7) is 4.61. The monoisotopic (exact) mass is 546 g/mol. The highest BCUT2D eigenvalue weighted by Crippen LogP contribution is 2.26. The molecule has 3 aromatic carbocycles. The van der Waals surface area contributed by atoms with E-state index < -0.39 is 0 Å². The molecule has 2 heterocycles. The van der Waals surface area contributed by atoms with Gasteiger partial charge in [0.05, 0.1) is 35.4 Å². The fraction of sp³-hybridized carbons (Fsp3) is 0.152. The zero-order valence-electron chi connectivity index (χ0n) is 22.9. The van der Waals surface area contributed by atoms with Crippen LogP contribution in [0.2, 0.25) is 0 Å². The molecule has 5 rings (SSSR count). The summed E-state index contributed by atoms with van der Waals surface area (Å²) in [6, 6.07) is 27.5. The van der Waals surface area contributed by atoms with E-state index in [9.17, 15) is 9.59 Å². The first-order valence-electron chi connectivity index (χ1n) is 13.4. The van der Waals surface area contributed by atoms with E-state index in [1.165, 1.54) is 6.26 Å². The lowest BCUT2D eigenvalue weighted by molar-refractivity contribution is 0.0955. The molecule has 5 aromatic rings. The van der Waals surface area contributed by atoms with Gasteiger partial charge in [-0.05, 0) is 79.6 Å². The van der Waals surface area contributed by atoms with Crippen LogP contribution in [0.5, 0.6) is 5.75 Å². The number of hydrogen-bond donors (Lipinski definition) is 2. The van der Waals surface area contributed by atoms with E-state index in [-0.39, 0.29) is 17.6 Å². The van der Waals surface area contributed by atoms with Gasteiger partial charge >= 0.3 is 0 Å². The van der Waals surface area contributed by atoms with Gasteiger partial charge in [0.2, 0.25) is 0 Å². The number of hydrazone groups is 1. The summed E-state index contributed by atoms with van der Waals surface area (Å²) >= 11 is 0. The number of para-hydroxylation sites is 1. The smallest absolute Gasteiger partial charge is 0.291 e. The third-order valence-electron chi connectivity index (χ3n) is 6.51. The molecule has 0 saturated heterocycles. The first kappa shape index (κ1) is 27.3. The number of pyridine rings is 1. The number of benzene rings is 3. The minimum atomic E-state index is -0.342. The number of anilines is 1. The molecule has 0 aliphatic heterocycles. The van der Waals surface area contributed by atoms with Crippen molar-refractivity contribution in [2.75, 3.05) is 11.9 Å². The molecule has 2 N–H and O–H groups in total. The Kier molecular flexibility index (Phi) is 8.49. The molecule has 0 aliphatic rings. The second kappa shape index (κ2) is 12.7. The Hall–Kier alpha value is -5.24. The molecule has 0 unspecified atom stereocenters. The van der Waals surface area contributed by atoms with Crippen molar-refractivity contribution in [2.24, 2.45) is 5.10 Å². The maximum Gasteiger partial charge on any atom is 0.291 e. The van der Waals surface area contributed by atoms with Crippen molar-refractivity contribution >= 4 is 34.1 Å². The Morgan fingerprint density at radius 1 is 0.927 bits per heavy atom. The molecule has 0 spiro atoms. The maximum absolute atomic E-state index is 13.3. The number of furan rings is 1. The van der Waals surface area contributed by atoms with E-state index in [4.69, 9.17) is 14.1 Å². The number of rotatable bonds is 10. The maximum atomic E-state index is 13.3. The number of unbranched alkanes of at least 4 members (excludes halogenated alkanes) is 1. The number of fused-ring (bicyclic) bond motifs is 1. The van der Waals surface area contributed by atoms with Crippen molar-refractivity contribution in [3.8, 4) is 17.0 Å². The lowest BCUT2D eigenvalue weighted by Crippen LogP contribution is -2.20. The number of carbonyl (C=O) groups is 2. The van der Waals surface area contributed by atoms with Gasteiger partial charge in [0.1, 0.15) is 5.75 Å². The van der Waals surface area contributed by atoms with E-state index in [1.54, 1.807) is 37.3 Å². The predicted octanol–water partition coefficient (Wildman–Crippen LogP) is 7.08. The molecular formula is C33H30N4O4. The van der Waals surface area contributed by atoms with Crippen LogP contribution < -0.4 is 15.5 Å². The highest BCUT2D eigenvalue weighted by atomic mass is 16.5. The van der Waals surface area contributed by atoms with Crippen LogP contribution in [0.25, 0.3) is 22.2 Å². The van der Waals surface area contributed by atoms with Crippen molar-refractivity contribution in [1.82, 2.24) is 10.4 Å². The van der Waals surface area contributed by atoms with Gasteiger partial charge in [0.15, 0.2) is 5.76 Å². The fourth-order valence-electron chi connectivity index (χ4n) is 4.22. The SMILES string of the molecule is CCCCOc1ccc(-c2cc(C(=O)N/N=C(\C)c3ccc(NC(=O)c4ccco4)cc3)c3ccccc3n2)cc1. The topological polar surface area (TPSA) is 106 Å².